The predicted molar refractivity (Wildman–Crippen MR) is 146 cm³/mol. The molecule has 0 aliphatic rings. The summed E-state index contributed by atoms with van der Waals surface area (Å²) in [5.41, 5.74) is 8.14. The summed E-state index contributed by atoms with van der Waals surface area (Å²) >= 11 is 11.6. The molecular formula is C26H30AlCl2LiN4O2. The van der Waals surface area contributed by atoms with Crippen LogP contribution in [0.2, 0.25) is 10.0 Å². The van der Waals surface area contributed by atoms with Crippen LogP contribution in [0.1, 0.15) is 40.5 Å². The molecule has 0 spiro atoms. The van der Waals surface area contributed by atoms with Crippen LogP contribution in [0.25, 0.3) is 22.9 Å². The number of nitriles is 1. The molecule has 0 saturated carbocycles. The van der Waals surface area contributed by atoms with Crippen LogP contribution < -0.4 is 24.6 Å². The third kappa shape index (κ3) is 8.01. The van der Waals surface area contributed by atoms with Crippen molar-refractivity contribution in [2.45, 2.75) is 38.5 Å². The number of benzene rings is 2. The van der Waals surface area contributed by atoms with E-state index in [9.17, 15) is 0 Å². The normalized spacial score (nSPS) is 10.8. The molecule has 2 heterocycles. The number of oxazole rings is 2. The molecule has 0 unspecified atom stereocenters. The van der Waals surface area contributed by atoms with Gasteiger partial charge in [0.2, 0.25) is 11.8 Å². The zero-order chi connectivity index (χ0) is 24.9. The number of nitrogens with two attached hydrogens (primary N) is 1. The fraction of sp³-hybridized carbons (Fsp3) is 0.269. The van der Waals surface area contributed by atoms with Gasteiger partial charge in [0.15, 0.2) is 17.4 Å². The summed E-state index contributed by atoms with van der Waals surface area (Å²) in [6, 6.07) is 16.8. The molecule has 10 heteroatoms. The zero-order valence-electron chi connectivity index (χ0n) is 21.5. The van der Waals surface area contributed by atoms with Gasteiger partial charge in [-0.3, -0.25) is 0 Å². The van der Waals surface area contributed by atoms with Crippen molar-refractivity contribution < 1.29 is 29.1 Å². The van der Waals surface area contributed by atoms with E-state index in [1.165, 1.54) is 6.26 Å². The quantitative estimate of drug-likeness (QED) is 0.395. The number of halogens is 2. The van der Waals surface area contributed by atoms with Crippen LogP contribution >= 0.6 is 23.2 Å². The molecule has 0 fully saturated rings. The molecule has 0 bridgehead atoms. The minimum atomic E-state index is -0.645. The van der Waals surface area contributed by atoms with E-state index in [0.717, 1.165) is 16.8 Å². The van der Waals surface area contributed by atoms with Gasteiger partial charge in [-0.1, -0.05) is 37.0 Å². The maximum atomic E-state index is 9.01. The van der Waals surface area contributed by atoms with Gasteiger partial charge in [0, 0.05) is 33.1 Å². The monoisotopic (exact) mass is 534 g/mol. The minimum absolute atomic E-state index is 0. The van der Waals surface area contributed by atoms with Crippen LogP contribution in [0.4, 0.5) is 0 Å². The number of aromatic nitrogens is 2. The Labute approximate surface area is 246 Å². The topological polar surface area (TPSA) is 102 Å². The summed E-state index contributed by atoms with van der Waals surface area (Å²) in [5.74, 6) is 1.10. The molecule has 2 aromatic heterocycles. The Kier molecular flexibility index (Phi) is 12.0. The van der Waals surface area contributed by atoms with Gasteiger partial charge in [0.05, 0.1) is 22.9 Å². The maximum absolute atomic E-state index is 9.01. The summed E-state index contributed by atoms with van der Waals surface area (Å²) in [4.78, 5) is 8.78. The van der Waals surface area contributed by atoms with E-state index in [1.54, 1.807) is 32.2 Å². The van der Waals surface area contributed by atoms with Gasteiger partial charge in [-0.15, -0.1) is 0 Å². The molecule has 0 radical (unpaired) electrons. The average molecular weight is 535 g/mol. The Morgan fingerprint density at radius 2 is 1.22 bits per heavy atom. The van der Waals surface area contributed by atoms with E-state index in [0.29, 0.717) is 34.1 Å². The van der Waals surface area contributed by atoms with E-state index in [2.05, 4.69) is 16.0 Å². The van der Waals surface area contributed by atoms with Crippen LogP contribution in [-0.4, -0.2) is 33.9 Å². The summed E-state index contributed by atoms with van der Waals surface area (Å²) in [7, 11) is 0. The first-order valence-corrected chi connectivity index (χ1v) is 11.4. The standard InChI is InChI=1S/C13H15ClN2O.C13H11ClN2O.Al.Li.4H/c2*1-13(2,8-15)11-7-17-12(16-11)9-3-5-10(14)6-4-9;;;;;;/h3-7H,8,15H2,1-2H3;3-7H,1-2H3;;;;;;/q;;;+1;;;;-1. The number of rotatable bonds is 5. The Balaban J connectivity index is 0.000000648. The van der Waals surface area contributed by atoms with Gasteiger partial charge < -0.3 is 16.0 Å². The van der Waals surface area contributed by atoms with Gasteiger partial charge in [0.1, 0.15) is 12.5 Å². The summed E-state index contributed by atoms with van der Waals surface area (Å²) in [6.07, 6.45) is 3.18. The second kappa shape index (κ2) is 13.5. The molecule has 184 valence electrons. The molecule has 4 aromatic rings. The Morgan fingerprint density at radius 3 is 1.61 bits per heavy atom. The second-order valence-corrected chi connectivity index (χ2v) is 9.79. The van der Waals surface area contributed by atoms with E-state index in [-0.39, 0.29) is 43.1 Å². The Morgan fingerprint density at radius 1 is 0.833 bits per heavy atom. The third-order valence-corrected chi connectivity index (χ3v) is 5.82. The molecule has 0 saturated heterocycles. The fourth-order valence-corrected chi connectivity index (χ4v) is 3.01. The van der Waals surface area contributed by atoms with Crippen molar-refractivity contribution in [3.8, 4) is 29.0 Å². The van der Waals surface area contributed by atoms with E-state index >= 15 is 0 Å². The molecule has 0 aliphatic heterocycles. The predicted octanol–water partition coefficient (Wildman–Crippen LogP) is 2.96. The van der Waals surface area contributed by atoms with Crippen LogP contribution in [0, 0.1) is 11.3 Å². The average Bonchev–Trinajstić information content (AvgIpc) is 3.52. The van der Waals surface area contributed by atoms with Crippen LogP contribution in [0.3, 0.4) is 0 Å². The molecule has 0 aliphatic carbocycles. The van der Waals surface area contributed by atoms with E-state index < -0.39 is 5.41 Å². The van der Waals surface area contributed by atoms with Gasteiger partial charge in [-0.05, 0) is 62.4 Å². The molecule has 36 heavy (non-hydrogen) atoms. The number of nitrogens with zero attached hydrogens (tertiary/aromatic N) is 3. The van der Waals surface area contributed by atoms with Gasteiger partial charge >= 0.3 is 18.9 Å². The van der Waals surface area contributed by atoms with E-state index in [4.69, 9.17) is 43.0 Å². The second-order valence-electron chi connectivity index (χ2n) is 8.91. The summed E-state index contributed by atoms with van der Waals surface area (Å²) in [5, 5.41) is 10.4. The Bertz CT molecular complexity index is 1290. The largest absolute Gasteiger partial charge is 1.00 e. The molecule has 0 amide bonds. The first kappa shape index (κ1) is 32.0. The van der Waals surface area contributed by atoms with Crippen molar-refractivity contribution in [3.63, 3.8) is 0 Å². The molecule has 2 aromatic carbocycles. The van der Waals surface area contributed by atoms with Crippen molar-refractivity contribution in [3.05, 3.63) is 82.5 Å². The smallest absolute Gasteiger partial charge is 1.00 e. The van der Waals surface area contributed by atoms with Gasteiger partial charge in [-0.25, -0.2) is 9.97 Å². The zero-order valence-corrected chi connectivity index (χ0v) is 22.0. The van der Waals surface area contributed by atoms with Crippen LogP contribution in [-0.2, 0) is 10.8 Å². The van der Waals surface area contributed by atoms with E-state index in [1.807, 2.05) is 50.2 Å². The van der Waals surface area contributed by atoms with Crippen molar-refractivity contribution in [1.29, 1.82) is 5.26 Å². The van der Waals surface area contributed by atoms with Crippen molar-refractivity contribution in [2.24, 2.45) is 5.73 Å². The first-order chi connectivity index (χ1) is 16.1. The van der Waals surface area contributed by atoms with Crippen molar-refractivity contribution in [2.75, 3.05) is 6.54 Å². The molecule has 0 atom stereocenters. The molecule has 2 N–H and O–H groups in total. The Hall–Kier alpha value is -1.98. The fourth-order valence-electron chi connectivity index (χ4n) is 2.76. The minimum Gasteiger partial charge on any atom is -1.00 e. The first-order valence-electron chi connectivity index (χ1n) is 10.6. The third-order valence-electron chi connectivity index (χ3n) is 5.31. The van der Waals surface area contributed by atoms with Gasteiger partial charge in [-0.2, -0.15) is 5.26 Å². The van der Waals surface area contributed by atoms with Crippen molar-refractivity contribution >= 4 is 40.6 Å². The van der Waals surface area contributed by atoms with Crippen LogP contribution in [0.5, 0.6) is 0 Å². The van der Waals surface area contributed by atoms with Gasteiger partial charge in [0.25, 0.3) is 0 Å². The molecule has 4 rings (SSSR count). The summed E-state index contributed by atoms with van der Waals surface area (Å²) in [6.45, 7) is 8.21. The summed E-state index contributed by atoms with van der Waals surface area (Å²) < 4.78 is 10.8. The maximum Gasteiger partial charge on any atom is 1.00 e. The SMILES string of the molecule is CC(C)(C#N)c1coc(-c2ccc(Cl)cc2)n1.CC(C)(CN)c1coc(-c2ccc(Cl)cc2)n1.[AlH3].[H-].[Li+]. The van der Waals surface area contributed by atoms with Crippen LogP contribution in [0.15, 0.2) is 69.9 Å². The molecular weight excluding hydrogens is 505 g/mol. The molecule has 6 nitrogen and oxygen atoms in total. The number of hydrogen-bond acceptors (Lipinski definition) is 6. The number of hydrogen-bond donors (Lipinski definition) is 1. The van der Waals surface area contributed by atoms with Crippen molar-refractivity contribution in [1.82, 2.24) is 9.97 Å².